The molecule has 0 saturated heterocycles. The van der Waals surface area contributed by atoms with Gasteiger partial charge in [-0.3, -0.25) is 0 Å². The molecule has 0 fully saturated rings. The number of benzene rings is 7. The average molecular weight is 646 g/mol. The van der Waals surface area contributed by atoms with Gasteiger partial charge in [0.05, 0.1) is 16.4 Å². The summed E-state index contributed by atoms with van der Waals surface area (Å²) >= 11 is 0. The Hall–Kier alpha value is -6.82. The molecule has 0 bridgehead atoms. The summed E-state index contributed by atoms with van der Waals surface area (Å²) in [4.78, 5) is 0. The number of para-hydroxylation sites is 3. The molecule has 1 unspecified atom stereocenters. The van der Waals surface area contributed by atoms with Crippen LogP contribution in [0.4, 0.5) is 0 Å². The summed E-state index contributed by atoms with van der Waals surface area (Å²) < 4.78 is 8.93. The van der Waals surface area contributed by atoms with Gasteiger partial charge in [-0.15, -0.1) is 0 Å². The summed E-state index contributed by atoms with van der Waals surface area (Å²) in [6.07, 6.45) is 0. The molecule has 0 aliphatic heterocycles. The second-order valence-corrected chi connectivity index (χ2v) is 13.8. The van der Waals surface area contributed by atoms with E-state index >= 15 is 0 Å². The Kier molecular flexibility index (Phi) is 5.12. The maximum Gasteiger partial charge on any atom is 0.143 e. The van der Waals surface area contributed by atoms with Crippen LogP contribution in [0.3, 0.4) is 0 Å². The van der Waals surface area contributed by atoms with E-state index < -0.39 is 5.41 Å². The predicted octanol–water partition coefficient (Wildman–Crippen LogP) is 12.3. The Labute approximate surface area is 294 Å². The summed E-state index contributed by atoms with van der Waals surface area (Å²) in [6.45, 7) is 0. The second kappa shape index (κ2) is 9.66. The highest BCUT2D eigenvalue weighted by Gasteiger charge is 2.53. The zero-order valence-corrected chi connectivity index (χ0v) is 27.4. The SMILES string of the molecule is c1ccc2c(c#1)C1(c3ccccc3-2)c2ccccc2-c2ccc3c4ccccc4n(-c4ccc(-c5cccc6c5oc5ccccc56)cc4)c3c21. The first-order chi connectivity index (χ1) is 25.3. The maximum atomic E-state index is 6.44. The van der Waals surface area contributed by atoms with Gasteiger partial charge in [0.1, 0.15) is 11.2 Å². The Bertz CT molecular complexity index is 3020. The largest absolute Gasteiger partial charge is 0.455 e. The average Bonchev–Trinajstić information content (AvgIpc) is 3.92. The highest BCUT2D eigenvalue weighted by molar-refractivity contribution is 6.15. The first kappa shape index (κ1) is 27.1. The third-order valence-electron chi connectivity index (χ3n) is 11.5. The first-order valence-electron chi connectivity index (χ1n) is 17.5. The molecule has 234 valence electrons. The van der Waals surface area contributed by atoms with Crippen LogP contribution in [-0.4, -0.2) is 4.57 Å². The molecule has 0 radical (unpaired) electrons. The topological polar surface area (TPSA) is 18.1 Å². The Morgan fingerprint density at radius 2 is 1.18 bits per heavy atom. The van der Waals surface area contributed by atoms with Crippen molar-refractivity contribution >= 4 is 43.7 Å². The molecule has 2 heterocycles. The highest BCUT2D eigenvalue weighted by atomic mass is 16.3. The Balaban J connectivity index is 1.17. The molecule has 51 heavy (non-hydrogen) atoms. The van der Waals surface area contributed by atoms with Crippen LogP contribution in [-0.2, 0) is 5.41 Å². The zero-order valence-electron chi connectivity index (χ0n) is 27.4. The van der Waals surface area contributed by atoms with Gasteiger partial charge in [0, 0.05) is 43.9 Å². The quantitative estimate of drug-likeness (QED) is 0.183. The van der Waals surface area contributed by atoms with Crippen LogP contribution < -0.4 is 0 Å². The lowest BCUT2D eigenvalue weighted by molar-refractivity contribution is 0.670. The van der Waals surface area contributed by atoms with Crippen molar-refractivity contribution in [3.05, 3.63) is 198 Å². The zero-order chi connectivity index (χ0) is 33.3. The number of rotatable bonds is 2. The third kappa shape index (κ3) is 3.29. The van der Waals surface area contributed by atoms with Crippen molar-refractivity contribution < 1.29 is 4.42 Å². The van der Waals surface area contributed by atoms with E-state index in [0.29, 0.717) is 0 Å². The number of aromatic nitrogens is 1. The van der Waals surface area contributed by atoms with Crippen LogP contribution in [0.5, 0.6) is 0 Å². The molecule has 0 saturated carbocycles. The van der Waals surface area contributed by atoms with Crippen molar-refractivity contribution in [1.29, 1.82) is 0 Å². The molecule has 2 aliphatic rings. The number of hydrogen-bond donors (Lipinski definition) is 0. The van der Waals surface area contributed by atoms with Gasteiger partial charge in [0.2, 0.25) is 0 Å². The molecule has 12 rings (SSSR count). The van der Waals surface area contributed by atoms with Crippen molar-refractivity contribution in [3.8, 4) is 39.1 Å². The van der Waals surface area contributed by atoms with Crippen molar-refractivity contribution in [1.82, 2.24) is 4.57 Å². The maximum absolute atomic E-state index is 6.44. The molecule has 1 atom stereocenters. The molecule has 2 aliphatic carbocycles. The molecule has 0 N–H and O–H groups in total. The molecular weight excluding hydrogens is 619 g/mol. The molecule has 0 amide bonds. The van der Waals surface area contributed by atoms with Gasteiger partial charge < -0.3 is 8.98 Å². The molecule has 1 spiro atoms. The fraction of sp³-hybridized carbons (Fsp3) is 0.0204. The van der Waals surface area contributed by atoms with Gasteiger partial charge in [0.15, 0.2) is 0 Å². The predicted molar refractivity (Wildman–Crippen MR) is 207 cm³/mol. The molecule has 2 heteroatoms. The summed E-state index contributed by atoms with van der Waals surface area (Å²) in [5.74, 6) is 0. The summed E-state index contributed by atoms with van der Waals surface area (Å²) in [5.41, 5.74) is 17.2. The molecule has 2 nitrogen and oxygen atoms in total. The standard InChI is InChI=1S/C49H27NO/c1-6-19-41-33(12-1)34-13-2-7-20-42(34)49(41)43-21-8-3-14-35(43)38-28-29-39-36-15-4-9-22-44(36)50(47(39)46(38)49)31-26-24-30(25-27-31)32-17-11-18-40-37-16-5-10-23-45(37)51-48(32)40/h1-6,8-19,21-29H. The van der Waals surface area contributed by atoms with E-state index in [2.05, 4.69) is 162 Å². The van der Waals surface area contributed by atoms with Crippen molar-refractivity contribution in [2.24, 2.45) is 0 Å². The van der Waals surface area contributed by atoms with E-state index in [4.69, 9.17) is 4.42 Å². The van der Waals surface area contributed by atoms with Crippen molar-refractivity contribution in [2.45, 2.75) is 5.41 Å². The van der Waals surface area contributed by atoms with E-state index in [0.717, 1.165) is 38.8 Å². The van der Waals surface area contributed by atoms with Crippen LogP contribution in [0.25, 0.3) is 82.8 Å². The summed E-state index contributed by atoms with van der Waals surface area (Å²) in [7, 11) is 0. The van der Waals surface area contributed by atoms with Gasteiger partial charge in [0.25, 0.3) is 0 Å². The Morgan fingerprint density at radius 1 is 0.490 bits per heavy atom. The monoisotopic (exact) mass is 645 g/mol. The van der Waals surface area contributed by atoms with Crippen LogP contribution in [0.15, 0.2) is 168 Å². The lowest BCUT2D eigenvalue weighted by atomic mass is 9.70. The number of hydrogen-bond acceptors (Lipinski definition) is 1. The fourth-order valence-corrected chi connectivity index (χ4v) is 9.50. The lowest BCUT2D eigenvalue weighted by Gasteiger charge is -2.30. The summed E-state index contributed by atoms with van der Waals surface area (Å²) in [5, 5.41) is 4.78. The van der Waals surface area contributed by atoms with Crippen molar-refractivity contribution in [3.63, 3.8) is 0 Å². The van der Waals surface area contributed by atoms with Crippen LogP contribution in [0.1, 0.15) is 22.3 Å². The fourth-order valence-electron chi connectivity index (χ4n) is 9.50. The Morgan fingerprint density at radius 3 is 2.02 bits per heavy atom. The van der Waals surface area contributed by atoms with Gasteiger partial charge >= 0.3 is 0 Å². The normalized spacial score (nSPS) is 13.5. The smallest absolute Gasteiger partial charge is 0.143 e. The highest BCUT2D eigenvalue weighted by Crippen LogP contribution is 2.64. The van der Waals surface area contributed by atoms with Crippen molar-refractivity contribution in [2.75, 3.05) is 0 Å². The molecular formula is C49H27NO. The van der Waals surface area contributed by atoms with Crippen LogP contribution in [0.2, 0.25) is 0 Å². The van der Waals surface area contributed by atoms with Crippen LogP contribution in [0, 0.1) is 12.1 Å². The minimum atomic E-state index is -0.530. The minimum Gasteiger partial charge on any atom is -0.455 e. The van der Waals surface area contributed by atoms with Gasteiger partial charge in [-0.05, 0) is 75.3 Å². The van der Waals surface area contributed by atoms with E-state index in [1.165, 1.54) is 66.3 Å². The molecule has 2 aromatic heterocycles. The molecule has 8 aromatic carbocycles. The van der Waals surface area contributed by atoms with Gasteiger partial charge in [-0.25, -0.2) is 0 Å². The molecule has 10 aromatic rings. The number of fused-ring (bicyclic) bond motifs is 17. The summed E-state index contributed by atoms with van der Waals surface area (Å²) in [6, 6.07) is 66.5. The third-order valence-corrected chi connectivity index (χ3v) is 11.5. The number of nitrogens with zero attached hydrogens (tertiary/aromatic N) is 1. The van der Waals surface area contributed by atoms with Crippen LogP contribution >= 0.6 is 0 Å². The van der Waals surface area contributed by atoms with Gasteiger partial charge in [-0.1, -0.05) is 140 Å². The number of furan rings is 1. The van der Waals surface area contributed by atoms with E-state index in [1.54, 1.807) is 0 Å². The second-order valence-electron chi connectivity index (χ2n) is 13.8. The van der Waals surface area contributed by atoms with E-state index in [1.807, 2.05) is 18.2 Å². The minimum absolute atomic E-state index is 0.530. The lowest BCUT2D eigenvalue weighted by Crippen LogP contribution is -2.26. The van der Waals surface area contributed by atoms with E-state index in [9.17, 15) is 0 Å². The van der Waals surface area contributed by atoms with Gasteiger partial charge in [-0.2, -0.15) is 0 Å². The first-order valence-corrected chi connectivity index (χ1v) is 17.5. The van der Waals surface area contributed by atoms with E-state index in [-0.39, 0.29) is 0 Å².